The van der Waals surface area contributed by atoms with Crippen molar-refractivity contribution >= 4 is 33.5 Å². The summed E-state index contributed by atoms with van der Waals surface area (Å²) in [6.07, 6.45) is 0.819. The second kappa shape index (κ2) is 7.94. The number of carbonyl (C=O) groups is 2. The largest absolute Gasteiger partial charge is 0.480 e. The van der Waals surface area contributed by atoms with Crippen LogP contribution in [0.1, 0.15) is 6.42 Å². The molecule has 0 aliphatic carbocycles. The molecule has 0 saturated carbocycles. The van der Waals surface area contributed by atoms with Crippen LogP contribution < -0.4 is 5.32 Å². The third-order valence-corrected chi connectivity index (χ3v) is 3.59. The van der Waals surface area contributed by atoms with Crippen LogP contribution in [0.3, 0.4) is 0 Å². The Morgan fingerprint density at radius 2 is 2.11 bits per heavy atom. The molecule has 18 heavy (non-hydrogen) atoms. The first-order valence-corrected chi connectivity index (χ1v) is 8.12. The Bertz CT molecular complexity index is 440. The maximum atomic E-state index is 11.3. The first kappa shape index (κ1) is 16.7. The Hall–Kier alpha value is -1.27. The number of thioether (sulfide) groups is 1. The van der Waals surface area contributed by atoms with Crippen LogP contribution in [0.4, 0.5) is 0 Å². The molecule has 7 nitrogen and oxygen atoms in total. The molecular weight excluding hydrogens is 280 g/mol. The van der Waals surface area contributed by atoms with Gasteiger partial charge in [-0.25, -0.2) is 13.2 Å². The quantitative estimate of drug-likeness (QED) is 0.564. The Balaban J connectivity index is 4.24. The fourth-order valence-corrected chi connectivity index (χ4v) is 2.14. The highest BCUT2D eigenvalue weighted by atomic mass is 32.2. The summed E-state index contributed by atoms with van der Waals surface area (Å²) in [6.45, 7) is 0. The first-order valence-electron chi connectivity index (χ1n) is 4.91. The van der Waals surface area contributed by atoms with Crippen molar-refractivity contribution in [3.05, 3.63) is 0 Å². The molecule has 1 unspecified atom stereocenters. The fraction of sp³-hybridized carbons (Fsp3) is 0.667. The van der Waals surface area contributed by atoms with Gasteiger partial charge in [0, 0.05) is 6.26 Å². The van der Waals surface area contributed by atoms with Gasteiger partial charge in [-0.3, -0.25) is 4.79 Å². The summed E-state index contributed by atoms with van der Waals surface area (Å²) < 4.78 is 21.8. The summed E-state index contributed by atoms with van der Waals surface area (Å²) in [5, 5.41) is 19.3. The monoisotopic (exact) mass is 294 g/mol. The summed E-state index contributed by atoms with van der Waals surface area (Å²) in [5.74, 6) is -2.02. The van der Waals surface area contributed by atoms with Crippen molar-refractivity contribution in [1.29, 1.82) is 5.26 Å². The SMILES string of the molecule is CS(=O)(=O)CCC(NC(=O)CSCC#N)C(=O)O. The molecule has 0 aliphatic heterocycles. The molecule has 0 radical (unpaired) electrons. The van der Waals surface area contributed by atoms with Crippen LogP contribution in [-0.4, -0.2) is 55.0 Å². The number of carbonyl (C=O) groups excluding carboxylic acids is 1. The number of amides is 1. The number of hydrogen-bond donors (Lipinski definition) is 2. The number of carboxylic acids is 1. The number of nitriles is 1. The van der Waals surface area contributed by atoms with Crippen LogP contribution in [0.25, 0.3) is 0 Å². The smallest absolute Gasteiger partial charge is 0.326 e. The van der Waals surface area contributed by atoms with Gasteiger partial charge in [-0.15, -0.1) is 11.8 Å². The molecule has 0 spiro atoms. The van der Waals surface area contributed by atoms with E-state index >= 15 is 0 Å². The molecule has 9 heteroatoms. The standard InChI is InChI=1S/C9H14N2O5S2/c1-18(15,16)5-2-7(9(13)14)11-8(12)6-17-4-3-10/h7H,2,4-6H2,1H3,(H,11,12)(H,13,14). The molecule has 1 amide bonds. The van der Waals surface area contributed by atoms with Crippen LogP contribution >= 0.6 is 11.8 Å². The second-order valence-corrected chi connectivity index (χ2v) is 6.77. The van der Waals surface area contributed by atoms with E-state index in [0.29, 0.717) is 0 Å². The average Bonchev–Trinajstić information content (AvgIpc) is 2.22. The maximum absolute atomic E-state index is 11.3. The summed E-state index contributed by atoms with van der Waals surface area (Å²) in [6, 6.07) is 0.605. The molecule has 0 aromatic heterocycles. The van der Waals surface area contributed by atoms with Crippen molar-refractivity contribution in [3.8, 4) is 6.07 Å². The molecule has 0 aliphatic rings. The molecule has 0 fully saturated rings. The predicted molar refractivity (Wildman–Crippen MR) is 66.8 cm³/mol. The van der Waals surface area contributed by atoms with Crippen LogP contribution in [0.5, 0.6) is 0 Å². The van der Waals surface area contributed by atoms with Gasteiger partial charge in [-0.05, 0) is 6.42 Å². The Morgan fingerprint density at radius 3 is 2.56 bits per heavy atom. The lowest BCUT2D eigenvalue weighted by atomic mass is 10.2. The van der Waals surface area contributed by atoms with Crippen LogP contribution in [0.15, 0.2) is 0 Å². The van der Waals surface area contributed by atoms with E-state index < -0.39 is 27.8 Å². The zero-order valence-corrected chi connectivity index (χ0v) is 11.4. The highest BCUT2D eigenvalue weighted by Crippen LogP contribution is 2.00. The number of sulfone groups is 1. The third kappa shape index (κ3) is 8.83. The molecule has 0 saturated heterocycles. The van der Waals surface area contributed by atoms with Crippen molar-refractivity contribution in [3.63, 3.8) is 0 Å². The number of hydrogen-bond acceptors (Lipinski definition) is 6. The predicted octanol–water partition coefficient (Wildman–Crippen LogP) is -0.753. The van der Waals surface area contributed by atoms with Gasteiger partial charge in [0.25, 0.3) is 0 Å². The molecule has 0 rings (SSSR count). The molecule has 1 atom stereocenters. The number of nitrogens with zero attached hydrogens (tertiary/aromatic N) is 1. The van der Waals surface area contributed by atoms with Crippen LogP contribution in [0, 0.1) is 11.3 Å². The average molecular weight is 294 g/mol. The molecular formula is C9H14N2O5S2. The Labute approximate surface area is 109 Å². The zero-order valence-electron chi connectivity index (χ0n) is 9.75. The molecule has 0 aromatic rings. The second-order valence-electron chi connectivity index (χ2n) is 3.53. The zero-order chi connectivity index (χ0) is 14.2. The summed E-state index contributed by atoms with van der Waals surface area (Å²) in [5.41, 5.74) is 0. The lowest BCUT2D eigenvalue weighted by molar-refractivity contribution is -0.141. The number of nitrogens with one attached hydrogen (secondary N) is 1. The van der Waals surface area contributed by atoms with E-state index in [1.807, 2.05) is 6.07 Å². The summed E-state index contributed by atoms with van der Waals surface area (Å²) >= 11 is 1.05. The molecule has 0 heterocycles. The van der Waals surface area contributed by atoms with Crippen molar-refractivity contribution < 1.29 is 23.1 Å². The fourth-order valence-electron chi connectivity index (χ4n) is 1.01. The minimum atomic E-state index is -3.27. The normalized spacial score (nSPS) is 12.4. The Morgan fingerprint density at radius 1 is 1.50 bits per heavy atom. The van der Waals surface area contributed by atoms with Crippen molar-refractivity contribution in [2.45, 2.75) is 12.5 Å². The number of aliphatic carboxylic acids is 1. The van der Waals surface area contributed by atoms with E-state index in [9.17, 15) is 18.0 Å². The molecule has 2 N–H and O–H groups in total. The van der Waals surface area contributed by atoms with E-state index in [1.165, 1.54) is 0 Å². The molecule has 0 bridgehead atoms. The van der Waals surface area contributed by atoms with E-state index in [2.05, 4.69) is 5.32 Å². The van der Waals surface area contributed by atoms with Gasteiger partial charge in [0.15, 0.2) is 0 Å². The maximum Gasteiger partial charge on any atom is 0.326 e. The van der Waals surface area contributed by atoms with Gasteiger partial charge in [0.05, 0.1) is 23.3 Å². The molecule has 0 aromatic carbocycles. The summed E-state index contributed by atoms with van der Waals surface area (Å²) in [7, 11) is -3.27. The van der Waals surface area contributed by atoms with Gasteiger partial charge >= 0.3 is 5.97 Å². The first-order chi connectivity index (χ1) is 8.26. The highest BCUT2D eigenvalue weighted by Gasteiger charge is 2.21. The van der Waals surface area contributed by atoms with Gasteiger partial charge in [0.1, 0.15) is 15.9 Å². The number of carboxylic acid groups (broad SMARTS) is 1. The topological polar surface area (TPSA) is 124 Å². The van der Waals surface area contributed by atoms with Crippen molar-refractivity contribution in [2.24, 2.45) is 0 Å². The van der Waals surface area contributed by atoms with Gasteiger partial charge in [-0.2, -0.15) is 5.26 Å². The lowest BCUT2D eigenvalue weighted by Crippen LogP contribution is -2.42. The van der Waals surface area contributed by atoms with E-state index in [0.717, 1.165) is 18.0 Å². The minimum absolute atomic E-state index is 0.0315. The van der Waals surface area contributed by atoms with Gasteiger partial charge in [0.2, 0.25) is 5.91 Å². The van der Waals surface area contributed by atoms with Crippen molar-refractivity contribution in [1.82, 2.24) is 5.32 Å². The van der Waals surface area contributed by atoms with E-state index in [4.69, 9.17) is 10.4 Å². The van der Waals surface area contributed by atoms with Crippen LogP contribution in [0.2, 0.25) is 0 Å². The van der Waals surface area contributed by atoms with Crippen molar-refractivity contribution in [2.75, 3.05) is 23.5 Å². The van der Waals surface area contributed by atoms with E-state index in [1.54, 1.807) is 0 Å². The number of rotatable bonds is 8. The lowest BCUT2D eigenvalue weighted by Gasteiger charge is -2.13. The van der Waals surface area contributed by atoms with Gasteiger partial charge < -0.3 is 10.4 Å². The van der Waals surface area contributed by atoms with E-state index in [-0.39, 0.29) is 23.7 Å². The van der Waals surface area contributed by atoms with Crippen LogP contribution in [-0.2, 0) is 19.4 Å². The minimum Gasteiger partial charge on any atom is -0.480 e. The third-order valence-electron chi connectivity index (χ3n) is 1.81. The summed E-state index contributed by atoms with van der Waals surface area (Å²) in [4.78, 5) is 22.1. The Kier molecular flexibility index (Phi) is 7.38. The van der Waals surface area contributed by atoms with Gasteiger partial charge in [-0.1, -0.05) is 0 Å². The molecule has 102 valence electrons. The highest BCUT2D eigenvalue weighted by molar-refractivity contribution is 8.00.